The van der Waals surface area contributed by atoms with Gasteiger partial charge in [-0.2, -0.15) is 5.10 Å². The number of aromatic nitrogens is 1. The SMILES string of the molecule is CCc1cccc2c(/C=N/NC(=O)COc3ccccc3-c3ccccc3)c[nH]c12. The van der Waals surface area contributed by atoms with Gasteiger partial charge in [0.1, 0.15) is 5.75 Å². The van der Waals surface area contributed by atoms with Gasteiger partial charge in [0.25, 0.3) is 5.91 Å². The third-order valence-electron chi connectivity index (χ3n) is 4.94. The third-order valence-corrected chi connectivity index (χ3v) is 4.94. The Morgan fingerprint density at radius 2 is 1.83 bits per heavy atom. The highest BCUT2D eigenvalue weighted by Gasteiger charge is 2.08. The Hall–Kier alpha value is -3.86. The first kappa shape index (κ1) is 19.5. The Bertz CT molecular complexity index is 1180. The molecule has 0 aliphatic heterocycles. The number of hydrazone groups is 1. The second kappa shape index (κ2) is 9.09. The summed E-state index contributed by atoms with van der Waals surface area (Å²) in [7, 11) is 0. The molecule has 150 valence electrons. The highest BCUT2D eigenvalue weighted by molar-refractivity contribution is 6.00. The second-order valence-electron chi connectivity index (χ2n) is 6.88. The Morgan fingerprint density at radius 3 is 2.67 bits per heavy atom. The molecule has 0 radical (unpaired) electrons. The minimum Gasteiger partial charge on any atom is -0.483 e. The summed E-state index contributed by atoms with van der Waals surface area (Å²) < 4.78 is 5.75. The first-order chi connectivity index (χ1) is 14.8. The zero-order valence-electron chi connectivity index (χ0n) is 16.8. The number of aryl methyl sites for hydroxylation is 1. The molecule has 0 aliphatic rings. The van der Waals surface area contributed by atoms with Gasteiger partial charge in [0, 0.05) is 28.2 Å². The molecule has 4 aromatic rings. The summed E-state index contributed by atoms with van der Waals surface area (Å²) in [4.78, 5) is 15.5. The molecule has 0 atom stereocenters. The summed E-state index contributed by atoms with van der Waals surface area (Å²) in [6.07, 6.45) is 4.49. The van der Waals surface area contributed by atoms with Gasteiger partial charge < -0.3 is 9.72 Å². The van der Waals surface area contributed by atoms with E-state index in [0.717, 1.165) is 34.0 Å². The molecule has 30 heavy (non-hydrogen) atoms. The number of hydrogen-bond donors (Lipinski definition) is 2. The maximum atomic E-state index is 12.2. The fraction of sp³-hybridized carbons (Fsp3) is 0.120. The van der Waals surface area contributed by atoms with Crippen molar-refractivity contribution < 1.29 is 9.53 Å². The molecular weight excluding hydrogens is 374 g/mol. The Labute approximate surface area is 175 Å². The van der Waals surface area contributed by atoms with Crippen molar-refractivity contribution in [2.75, 3.05) is 6.61 Å². The topological polar surface area (TPSA) is 66.5 Å². The van der Waals surface area contributed by atoms with Crippen LogP contribution in [0.2, 0.25) is 0 Å². The van der Waals surface area contributed by atoms with Gasteiger partial charge >= 0.3 is 0 Å². The highest BCUT2D eigenvalue weighted by atomic mass is 16.5. The zero-order valence-corrected chi connectivity index (χ0v) is 16.8. The maximum Gasteiger partial charge on any atom is 0.277 e. The Morgan fingerprint density at radius 1 is 1.03 bits per heavy atom. The number of benzene rings is 3. The van der Waals surface area contributed by atoms with Crippen LogP contribution in [0, 0.1) is 0 Å². The van der Waals surface area contributed by atoms with Gasteiger partial charge in [-0.05, 0) is 23.6 Å². The number of ether oxygens (including phenoxy) is 1. The fourth-order valence-electron chi connectivity index (χ4n) is 3.44. The van der Waals surface area contributed by atoms with Crippen LogP contribution in [0.4, 0.5) is 0 Å². The number of carbonyl (C=O) groups excluding carboxylic acids is 1. The largest absolute Gasteiger partial charge is 0.483 e. The fourth-order valence-corrected chi connectivity index (χ4v) is 3.44. The average molecular weight is 397 g/mol. The number of aromatic amines is 1. The van der Waals surface area contributed by atoms with Crippen LogP contribution in [0.25, 0.3) is 22.0 Å². The van der Waals surface area contributed by atoms with E-state index in [-0.39, 0.29) is 12.5 Å². The van der Waals surface area contributed by atoms with Gasteiger partial charge in [0.15, 0.2) is 6.61 Å². The number of rotatable bonds is 7. The first-order valence-corrected chi connectivity index (χ1v) is 9.94. The van der Waals surface area contributed by atoms with Crippen LogP contribution in [-0.4, -0.2) is 23.7 Å². The number of H-pyrrole nitrogens is 1. The molecule has 0 bridgehead atoms. The molecule has 0 saturated carbocycles. The standard InChI is InChI=1S/C25H23N3O2/c1-2-18-11-8-13-22-20(15-26-25(18)22)16-27-28-24(29)17-30-23-14-7-6-12-21(23)19-9-4-3-5-10-19/h3-16,26H,2,17H2,1H3,(H,28,29)/b27-16+. The molecule has 0 unspecified atom stereocenters. The number of carbonyl (C=O) groups is 1. The van der Waals surface area contributed by atoms with Crippen LogP contribution >= 0.6 is 0 Å². The monoisotopic (exact) mass is 397 g/mol. The summed E-state index contributed by atoms with van der Waals surface area (Å²) >= 11 is 0. The maximum absolute atomic E-state index is 12.2. The van der Waals surface area contributed by atoms with Crippen molar-refractivity contribution in [2.24, 2.45) is 5.10 Å². The van der Waals surface area contributed by atoms with Gasteiger partial charge in [0.2, 0.25) is 0 Å². The lowest BCUT2D eigenvalue weighted by atomic mass is 10.1. The van der Waals surface area contributed by atoms with Crippen molar-refractivity contribution in [1.29, 1.82) is 0 Å². The van der Waals surface area contributed by atoms with E-state index >= 15 is 0 Å². The van der Waals surface area contributed by atoms with Crippen LogP contribution in [0.15, 0.2) is 84.1 Å². The lowest BCUT2D eigenvalue weighted by Crippen LogP contribution is -2.24. The molecular formula is C25H23N3O2. The molecule has 5 heteroatoms. The summed E-state index contributed by atoms with van der Waals surface area (Å²) in [6, 6.07) is 23.8. The smallest absolute Gasteiger partial charge is 0.277 e. The van der Waals surface area contributed by atoms with Crippen molar-refractivity contribution in [1.82, 2.24) is 10.4 Å². The zero-order chi connectivity index (χ0) is 20.8. The average Bonchev–Trinajstić information content (AvgIpc) is 3.22. The molecule has 3 aromatic carbocycles. The third kappa shape index (κ3) is 4.25. The number of fused-ring (bicyclic) bond motifs is 1. The predicted octanol–water partition coefficient (Wildman–Crippen LogP) is 4.93. The van der Waals surface area contributed by atoms with E-state index in [1.165, 1.54) is 5.56 Å². The van der Waals surface area contributed by atoms with E-state index in [1.54, 1.807) is 6.21 Å². The molecule has 5 nitrogen and oxygen atoms in total. The molecule has 1 heterocycles. The highest BCUT2D eigenvalue weighted by Crippen LogP contribution is 2.29. The molecule has 0 fully saturated rings. The normalized spacial score (nSPS) is 11.1. The van der Waals surface area contributed by atoms with E-state index in [4.69, 9.17) is 4.74 Å². The van der Waals surface area contributed by atoms with E-state index in [1.807, 2.05) is 72.9 Å². The van der Waals surface area contributed by atoms with Gasteiger partial charge in [-0.1, -0.05) is 73.7 Å². The second-order valence-corrected chi connectivity index (χ2v) is 6.88. The predicted molar refractivity (Wildman–Crippen MR) is 121 cm³/mol. The van der Waals surface area contributed by atoms with Crippen molar-refractivity contribution >= 4 is 23.0 Å². The van der Waals surface area contributed by atoms with Gasteiger partial charge in [-0.15, -0.1) is 0 Å². The van der Waals surface area contributed by atoms with Crippen LogP contribution in [0.5, 0.6) is 5.75 Å². The van der Waals surface area contributed by atoms with Crippen LogP contribution < -0.4 is 10.2 Å². The Kier molecular flexibility index (Phi) is 5.90. The van der Waals surface area contributed by atoms with Crippen LogP contribution in [0.3, 0.4) is 0 Å². The van der Waals surface area contributed by atoms with Gasteiger partial charge in [-0.25, -0.2) is 5.43 Å². The molecule has 4 rings (SSSR count). The van der Waals surface area contributed by atoms with E-state index < -0.39 is 0 Å². The van der Waals surface area contributed by atoms with Gasteiger partial charge in [-0.3, -0.25) is 4.79 Å². The minimum atomic E-state index is -0.316. The number of para-hydroxylation sites is 2. The summed E-state index contributed by atoms with van der Waals surface area (Å²) in [5.74, 6) is 0.342. The lowest BCUT2D eigenvalue weighted by molar-refractivity contribution is -0.123. The molecule has 1 aromatic heterocycles. The van der Waals surface area contributed by atoms with Crippen LogP contribution in [-0.2, 0) is 11.2 Å². The number of nitrogens with one attached hydrogen (secondary N) is 2. The van der Waals surface area contributed by atoms with Crippen molar-refractivity contribution in [3.05, 3.63) is 90.1 Å². The van der Waals surface area contributed by atoms with E-state index in [9.17, 15) is 4.79 Å². The molecule has 0 aliphatic carbocycles. The van der Waals surface area contributed by atoms with E-state index in [0.29, 0.717) is 5.75 Å². The number of nitrogens with zero attached hydrogens (tertiary/aromatic N) is 1. The van der Waals surface area contributed by atoms with Crippen LogP contribution in [0.1, 0.15) is 18.1 Å². The quantitative estimate of drug-likeness (QED) is 0.343. The summed E-state index contributed by atoms with van der Waals surface area (Å²) in [6.45, 7) is 2.01. The lowest BCUT2D eigenvalue weighted by Gasteiger charge is -2.10. The first-order valence-electron chi connectivity index (χ1n) is 9.94. The van der Waals surface area contributed by atoms with E-state index in [2.05, 4.69) is 28.5 Å². The molecule has 1 amide bonds. The molecule has 0 saturated heterocycles. The number of amides is 1. The minimum absolute atomic E-state index is 0.116. The van der Waals surface area contributed by atoms with Crippen molar-refractivity contribution in [3.63, 3.8) is 0 Å². The van der Waals surface area contributed by atoms with Crippen molar-refractivity contribution in [3.8, 4) is 16.9 Å². The number of hydrogen-bond acceptors (Lipinski definition) is 3. The Balaban J connectivity index is 1.39. The molecule has 2 N–H and O–H groups in total. The summed E-state index contributed by atoms with van der Waals surface area (Å²) in [5.41, 5.74) is 7.80. The van der Waals surface area contributed by atoms with Gasteiger partial charge in [0.05, 0.1) is 6.21 Å². The summed E-state index contributed by atoms with van der Waals surface area (Å²) in [5, 5.41) is 5.17. The molecule has 0 spiro atoms. The van der Waals surface area contributed by atoms with Crippen molar-refractivity contribution in [2.45, 2.75) is 13.3 Å².